The van der Waals surface area contributed by atoms with E-state index in [2.05, 4.69) is 0 Å². The van der Waals surface area contributed by atoms with Crippen LogP contribution in [0.5, 0.6) is 5.75 Å². The van der Waals surface area contributed by atoms with Gasteiger partial charge in [-0.1, -0.05) is 12.1 Å². The first-order chi connectivity index (χ1) is 5.79. The lowest BCUT2D eigenvalue weighted by atomic mass is 10.2. The Labute approximate surface area is 76.2 Å². The zero-order chi connectivity index (χ0) is 8.55. The van der Waals surface area contributed by atoms with Gasteiger partial charge in [-0.3, -0.25) is 4.79 Å². The minimum Gasteiger partial charge on any atom is -0.507 e. The molecule has 1 heterocycles. The van der Waals surface area contributed by atoms with E-state index < -0.39 is 0 Å². The van der Waals surface area contributed by atoms with Crippen molar-refractivity contribution < 1.29 is 9.90 Å². The van der Waals surface area contributed by atoms with Crippen molar-refractivity contribution in [1.29, 1.82) is 0 Å². The van der Waals surface area contributed by atoms with Crippen LogP contribution in [-0.4, -0.2) is 14.4 Å². The number of aromatic nitrogens is 1. The van der Waals surface area contributed by atoms with Crippen LogP contribution in [0.1, 0.15) is 10.4 Å². The van der Waals surface area contributed by atoms with Gasteiger partial charge in [-0.25, -0.2) is 0 Å². The number of nitrogens with zero attached hydrogens (tertiary/aromatic N) is 1. The molecule has 3 nitrogen and oxygen atoms in total. The molecule has 0 aliphatic rings. The molecule has 0 unspecified atom stereocenters. The maximum absolute atomic E-state index is 11.4. The highest BCUT2D eigenvalue weighted by Gasteiger charge is 2.15. The summed E-state index contributed by atoms with van der Waals surface area (Å²) in [7, 11) is 2.74. The van der Waals surface area contributed by atoms with Crippen molar-refractivity contribution in [2.24, 2.45) is 0 Å². The van der Waals surface area contributed by atoms with Crippen LogP contribution in [-0.2, 0) is 0 Å². The molecule has 0 aliphatic heterocycles. The molecule has 0 bridgehead atoms. The van der Waals surface area contributed by atoms with Gasteiger partial charge in [0.25, 0.3) is 5.91 Å². The van der Waals surface area contributed by atoms with Gasteiger partial charge in [0.2, 0.25) is 0 Å². The normalized spacial score (nSPS) is 10.3. The molecule has 1 aromatic heterocycles. The lowest BCUT2D eigenvalue weighted by Crippen LogP contribution is -2.02. The lowest BCUT2D eigenvalue weighted by molar-refractivity contribution is 0.0981. The van der Waals surface area contributed by atoms with Crippen LogP contribution in [0, 0.1) is 0 Å². The second kappa shape index (κ2) is 2.76. The van der Waals surface area contributed by atoms with Crippen molar-refractivity contribution in [1.82, 2.24) is 3.35 Å². The molecular formula is C7H5NO2S2. The van der Waals surface area contributed by atoms with Crippen LogP contribution in [0.3, 0.4) is 0 Å². The Morgan fingerprint density at radius 2 is 2.00 bits per heavy atom. The van der Waals surface area contributed by atoms with E-state index in [1.807, 2.05) is 0 Å². The van der Waals surface area contributed by atoms with E-state index in [-0.39, 0.29) is 11.7 Å². The summed E-state index contributed by atoms with van der Waals surface area (Å²) in [4.78, 5) is 11.4. The first-order valence-corrected chi connectivity index (χ1v) is 5.32. The minimum absolute atomic E-state index is 0.0376. The van der Waals surface area contributed by atoms with E-state index in [1.165, 1.54) is 30.5 Å². The number of phenolic OH excluding ortho intramolecular Hbond substituents is 1. The summed E-state index contributed by atoms with van der Waals surface area (Å²) in [6, 6.07) is 6.53. The molecule has 0 radical (unpaired) electrons. The van der Waals surface area contributed by atoms with Gasteiger partial charge in [0, 0.05) is 21.1 Å². The van der Waals surface area contributed by atoms with Crippen LogP contribution in [0.15, 0.2) is 24.3 Å². The Morgan fingerprint density at radius 1 is 1.33 bits per heavy atom. The fourth-order valence-electron chi connectivity index (χ4n) is 0.837. The number of hydrogen-bond donors (Lipinski definition) is 1. The number of para-hydroxylation sites is 1. The molecule has 0 atom stereocenters. The first kappa shape index (κ1) is 7.57. The predicted molar refractivity (Wildman–Crippen MR) is 48.0 cm³/mol. The fourth-order valence-corrected chi connectivity index (χ4v) is 1.71. The molecule has 12 heavy (non-hydrogen) atoms. The van der Waals surface area contributed by atoms with Crippen LogP contribution in [0.25, 0.3) is 0 Å². The number of phenols is 1. The molecule has 5 heteroatoms. The van der Waals surface area contributed by atoms with Crippen molar-refractivity contribution in [3.05, 3.63) is 29.8 Å². The Balaban J connectivity index is 2.41. The van der Waals surface area contributed by atoms with Gasteiger partial charge in [-0.15, -0.1) is 0 Å². The van der Waals surface area contributed by atoms with Gasteiger partial charge < -0.3 is 5.11 Å². The average Bonchev–Trinajstić information content (AvgIpc) is 2.86. The molecule has 0 spiro atoms. The standard InChI is InChI=1S/C7H5NO2S2/c9-6-4-2-1-3-5(6)7(10)8-11-12-8/h1-4,9H. The summed E-state index contributed by atoms with van der Waals surface area (Å²) in [5, 5.41) is 9.29. The summed E-state index contributed by atoms with van der Waals surface area (Å²) >= 11 is 0. The molecular weight excluding hydrogens is 194 g/mol. The van der Waals surface area contributed by atoms with Gasteiger partial charge in [-0.05, 0) is 12.1 Å². The van der Waals surface area contributed by atoms with E-state index in [0.717, 1.165) is 0 Å². The quantitative estimate of drug-likeness (QED) is 0.714. The fraction of sp³-hybridized carbons (Fsp3) is 0. The van der Waals surface area contributed by atoms with Crippen LogP contribution in [0.2, 0.25) is 0 Å². The van der Waals surface area contributed by atoms with E-state index in [0.29, 0.717) is 5.56 Å². The molecule has 0 amide bonds. The van der Waals surface area contributed by atoms with Crippen molar-refractivity contribution >= 4 is 27.0 Å². The number of benzene rings is 1. The molecule has 0 aliphatic carbocycles. The van der Waals surface area contributed by atoms with Gasteiger partial charge in [0.1, 0.15) is 5.75 Å². The highest BCUT2D eigenvalue weighted by molar-refractivity contribution is 7.77. The van der Waals surface area contributed by atoms with Crippen molar-refractivity contribution in [3.8, 4) is 5.75 Å². The molecule has 1 N–H and O–H groups in total. The van der Waals surface area contributed by atoms with Crippen molar-refractivity contribution in [2.75, 3.05) is 0 Å². The zero-order valence-electron chi connectivity index (χ0n) is 5.93. The second-order valence-electron chi connectivity index (χ2n) is 2.23. The third-order valence-electron chi connectivity index (χ3n) is 1.45. The maximum atomic E-state index is 11.4. The van der Waals surface area contributed by atoms with Crippen molar-refractivity contribution in [3.63, 3.8) is 0 Å². The number of hydrogen-bond acceptors (Lipinski definition) is 4. The van der Waals surface area contributed by atoms with Crippen LogP contribution in [0.4, 0.5) is 0 Å². The van der Waals surface area contributed by atoms with Crippen LogP contribution >= 0.6 is 21.1 Å². The number of carbonyl (C=O) groups excluding carboxylic acids is 1. The first-order valence-electron chi connectivity index (χ1n) is 3.26. The molecule has 1 aromatic carbocycles. The van der Waals surface area contributed by atoms with Gasteiger partial charge >= 0.3 is 0 Å². The highest BCUT2D eigenvalue weighted by atomic mass is 33.0. The topological polar surface area (TPSA) is 42.2 Å². The second-order valence-corrected chi connectivity index (χ2v) is 4.38. The third-order valence-corrected chi connectivity index (χ3v) is 2.97. The summed E-state index contributed by atoms with van der Waals surface area (Å²) in [6.07, 6.45) is 0. The number of rotatable bonds is 1. The van der Waals surface area contributed by atoms with E-state index in [4.69, 9.17) is 0 Å². The Bertz CT molecular complexity index is 390. The van der Waals surface area contributed by atoms with Crippen molar-refractivity contribution in [2.45, 2.75) is 0 Å². The molecule has 2 rings (SSSR count). The lowest BCUT2D eigenvalue weighted by Gasteiger charge is -1.97. The van der Waals surface area contributed by atoms with Crippen LogP contribution < -0.4 is 0 Å². The summed E-state index contributed by atoms with van der Waals surface area (Å²) in [5.41, 5.74) is 0.356. The smallest absolute Gasteiger partial charge is 0.285 e. The van der Waals surface area contributed by atoms with E-state index in [1.54, 1.807) is 18.2 Å². The number of carbonyl (C=O) groups is 1. The average molecular weight is 199 g/mol. The highest BCUT2D eigenvalue weighted by Crippen LogP contribution is 2.24. The van der Waals surface area contributed by atoms with E-state index >= 15 is 0 Å². The number of aromatic hydroxyl groups is 1. The van der Waals surface area contributed by atoms with Gasteiger partial charge in [-0.2, -0.15) is 3.35 Å². The molecule has 0 saturated carbocycles. The maximum Gasteiger partial charge on any atom is 0.285 e. The summed E-state index contributed by atoms with van der Waals surface area (Å²) in [6.45, 7) is 0. The zero-order valence-corrected chi connectivity index (χ0v) is 7.56. The minimum atomic E-state index is -0.150. The molecule has 0 fully saturated rings. The Morgan fingerprint density at radius 3 is 2.58 bits per heavy atom. The van der Waals surface area contributed by atoms with Gasteiger partial charge in [0.05, 0.1) is 5.56 Å². The predicted octanol–water partition coefficient (Wildman–Crippen LogP) is 2.01. The molecule has 0 saturated heterocycles. The van der Waals surface area contributed by atoms with Gasteiger partial charge in [0.15, 0.2) is 0 Å². The third kappa shape index (κ3) is 1.28. The van der Waals surface area contributed by atoms with E-state index in [9.17, 15) is 9.90 Å². The summed E-state index contributed by atoms with van der Waals surface area (Å²) < 4.78 is 1.51. The summed E-state index contributed by atoms with van der Waals surface area (Å²) in [5.74, 6) is -0.112. The molecule has 62 valence electrons. The molecule has 2 aromatic rings. The Kier molecular flexibility index (Phi) is 1.74. The largest absolute Gasteiger partial charge is 0.507 e. The monoisotopic (exact) mass is 199 g/mol. The SMILES string of the molecule is O=C(c1ccccc1O)n1ss1. The Hall–Kier alpha value is -1.07.